The minimum Gasteiger partial charge on any atom is -0.497 e. The third-order valence-corrected chi connectivity index (χ3v) is 6.23. The zero-order chi connectivity index (χ0) is 23.9. The predicted molar refractivity (Wildman–Crippen MR) is 135 cm³/mol. The number of hydrogen-bond donors (Lipinski definition) is 1. The molecule has 1 amide bonds. The van der Waals surface area contributed by atoms with Gasteiger partial charge in [0.1, 0.15) is 11.5 Å². The molecule has 174 valence electrons. The van der Waals surface area contributed by atoms with Crippen LogP contribution in [0, 0.1) is 0 Å². The Hall–Kier alpha value is -3.78. The zero-order valence-corrected chi connectivity index (χ0v) is 20.1. The molecule has 0 aliphatic heterocycles. The number of ether oxygens (including phenoxy) is 2. The molecule has 1 aromatic heterocycles. The van der Waals surface area contributed by atoms with Crippen molar-refractivity contribution in [3.63, 3.8) is 0 Å². The van der Waals surface area contributed by atoms with E-state index in [0.717, 1.165) is 40.4 Å². The van der Waals surface area contributed by atoms with Gasteiger partial charge in [0.2, 0.25) is 5.91 Å². The van der Waals surface area contributed by atoms with Gasteiger partial charge in [-0.15, -0.1) is 10.2 Å². The molecule has 1 N–H and O–H groups in total. The fourth-order valence-electron chi connectivity index (χ4n) is 3.54. The summed E-state index contributed by atoms with van der Waals surface area (Å²) in [6.45, 7) is 2.07. The van der Waals surface area contributed by atoms with Crippen LogP contribution >= 0.6 is 11.8 Å². The number of thioether (sulfide) groups is 1. The monoisotopic (exact) mass is 474 g/mol. The Morgan fingerprint density at radius 2 is 1.71 bits per heavy atom. The number of nitrogens with zero attached hydrogens (tertiary/aromatic N) is 3. The lowest BCUT2D eigenvalue weighted by Gasteiger charge is -2.12. The van der Waals surface area contributed by atoms with Crippen LogP contribution < -0.4 is 14.8 Å². The quantitative estimate of drug-likeness (QED) is 0.334. The van der Waals surface area contributed by atoms with Crippen LogP contribution in [-0.4, -0.2) is 40.6 Å². The Kier molecular flexibility index (Phi) is 7.49. The van der Waals surface area contributed by atoms with Gasteiger partial charge < -0.3 is 14.8 Å². The number of aryl methyl sites for hydroxylation is 1. The van der Waals surface area contributed by atoms with Crippen LogP contribution in [0.3, 0.4) is 0 Å². The average Bonchev–Trinajstić information content (AvgIpc) is 3.32. The van der Waals surface area contributed by atoms with E-state index in [1.165, 1.54) is 11.8 Å². The summed E-state index contributed by atoms with van der Waals surface area (Å²) >= 11 is 1.33. The first-order valence-electron chi connectivity index (χ1n) is 10.9. The molecular formula is C26H26N4O3S. The average molecular weight is 475 g/mol. The molecule has 0 unspecified atom stereocenters. The van der Waals surface area contributed by atoms with Crippen molar-refractivity contribution in [1.29, 1.82) is 0 Å². The maximum atomic E-state index is 12.7. The number of methoxy groups -OCH3 is 2. The number of anilines is 1. The second-order valence-electron chi connectivity index (χ2n) is 7.42. The van der Waals surface area contributed by atoms with Crippen molar-refractivity contribution in [2.75, 3.05) is 25.3 Å². The molecule has 0 atom stereocenters. The summed E-state index contributed by atoms with van der Waals surface area (Å²) in [5.41, 5.74) is 3.66. The van der Waals surface area contributed by atoms with Crippen molar-refractivity contribution >= 4 is 23.4 Å². The minimum absolute atomic E-state index is 0.0990. The smallest absolute Gasteiger partial charge is 0.234 e. The first-order chi connectivity index (χ1) is 16.6. The largest absolute Gasteiger partial charge is 0.497 e. The number of amides is 1. The standard InChI is InChI=1S/C26H26N4O3S/c1-4-18-8-5-6-11-23(18)27-24(31)17-34-26-29-28-25(19-9-7-10-22(16-19)33-3)30(26)20-12-14-21(32-2)15-13-20/h5-16H,4,17H2,1-3H3,(H,27,31). The van der Waals surface area contributed by atoms with Gasteiger partial charge in [-0.1, -0.05) is 49.0 Å². The van der Waals surface area contributed by atoms with Crippen LogP contribution in [0.5, 0.6) is 11.5 Å². The van der Waals surface area contributed by atoms with Gasteiger partial charge in [0.05, 0.1) is 20.0 Å². The molecule has 0 fully saturated rings. The van der Waals surface area contributed by atoms with E-state index in [9.17, 15) is 4.79 Å². The van der Waals surface area contributed by atoms with Crippen LogP contribution in [0.2, 0.25) is 0 Å². The van der Waals surface area contributed by atoms with Crippen LogP contribution in [0.15, 0.2) is 78.0 Å². The second-order valence-corrected chi connectivity index (χ2v) is 8.36. The normalized spacial score (nSPS) is 10.7. The maximum absolute atomic E-state index is 12.7. The van der Waals surface area contributed by atoms with E-state index in [-0.39, 0.29) is 11.7 Å². The number of nitrogens with one attached hydrogen (secondary N) is 1. The summed E-state index contributed by atoms with van der Waals surface area (Å²) in [6.07, 6.45) is 0.847. The molecular weight excluding hydrogens is 448 g/mol. The van der Waals surface area contributed by atoms with E-state index in [0.29, 0.717) is 11.0 Å². The first-order valence-corrected chi connectivity index (χ1v) is 11.9. The Morgan fingerprint density at radius 3 is 2.44 bits per heavy atom. The molecule has 0 spiro atoms. The van der Waals surface area contributed by atoms with Gasteiger partial charge in [-0.25, -0.2) is 0 Å². The Balaban J connectivity index is 1.62. The lowest BCUT2D eigenvalue weighted by Crippen LogP contribution is -2.15. The van der Waals surface area contributed by atoms with E-state index in [4.69, 9.17) is 9.47 Å². The van der Waals surface area contributed by atoms with Crippen molar-refractivity contribution in [1.82, 2.24) is 14.8 Å². The summed E-state index contributed by atoms with van der Waals surface area (Å²) in [5.74, 6) is 2.24. The summed E-state index contributed by atoms with van der Waals surface area (Å²) in [5, 5.41) is 12.5. The van der Waals surface area contributed by atoms with Gasteiger partial charge in [-0.05, 0) is 54.4 Å². The third-order valence-electron chi connectivity index (χ3n) is 5.30. The summed E-state index contributed by atoms with van der Waals surface area (Å²) < 4.78 is 12.6. The molecule has 4 rings (SSSR count). The van der Waals surface area contributed by atoms with E-state index in [1.807, 2.05) is 77.4 Å². The summed E-state index contributed by atoms with van der Waals surface area (Å²) in [7, 11) is 3.26. The topological polar surface area (TPSA) is 78.3 Å². The molecule has 7 nitrogen and oxygen atoms in total. The van der Waals surface area contributed by atoms with Gasteiger partial charge in [0.25, 0.3) is 0 Å². The number of para-hydroxylation sites is 1. The van der Waals surface area contributed by atoms with Crippen LogP contribution in [-0.2, 0) is 11.2 Å². The lowest BCUT2D eigenvalue weighted by atomic mass is 10.1. The molecule has 0 saturated heterocycles. The first kappa shape index (κ1) is 23.4. The number of hydrogen-bond acceptors (Lipinski definition) is 6. The van der Waals surface area contributed by atoms with Gasteiger partial charge in [0, 0.05) is 16.9 Å². The fraction of sp³-hybridized carbons (Fsp3) is 0.192. The summed E-state index contributed by atoms with van der Waals surface area (Å²) in [6, 6.07) is 23.1. The summed E-state index contributed by atoms with van der Waals surface area (Å²) in [4.78, 5) is 12.7. The van der Waals surface area contributed by atoms with Crippen LogP contribution in [0.25, 0.3) is 17.1 Å². The molecule has 4 aromatic rings. The molecule has 1 heterocycles. The molecule has 8 heteroatoms. The van der Waals surface area contributed by atoms with Crippen molar-refractivity contribution in [2.24, 2.45) is 0 Å². The molecule has 0 saturated carbocycles. The molecule has 3 aromatic carbocycles. The van der Waals surface area contributed by atoms with E-state index < -0.39 is 0 Å². The number of carbonyl (C=O) groups excluding carboxylic acids is 1. The van der Waals surface area contributed by atoms with Gasteiger partial charge in [0.15, 0.2) is 11.0 Å². The molecule has 0 bridgehead atoms. The Morgan fingerprint density at radius 1 is 0.941 bits per heavy atom. The highest BCUT2D eigenvalue weighted by atomic mass is 32.2. The number of aromatic nitrogens is 3. The number of rotatable bonds is 9. The highest BCUT2D eigenvalue weighted by Crippen LogP contribution is 2.30. The van der Waals surface area contributed by atoms with Crippen molar-refractivity contribution in [2.45, 2.75) is 18.5 Å². The van der Waals surface area contributed by atoms with E-state index in [1.54, 1.807) is 14.2 Å². The highest BCUT2D eigenvalue weighted by molar-refractivity contribution is 7.99. The molecule has 34 heavy (non-hydrogen) atoms. The minimum atomic E-state index is -0.0990. The molecule has 0 radical (unpaired) electrons. The van der Waals surface area contributed by atoms with Gasteiger partial charge in [-0.2, -0.15) is 0 Å². The van der Waals surface area contributed by atoms with E-state index >= 15 is 0 Å². The zero-order valence-electron chi connectivity index (χ0n) is 19.3. The highest BCUT2D eigenvalue weighted by Gasteiger charge is 2.18. The molecule has 0 aliphatic carbocycles. The SMILES string of the molecule is CCc1ccccc1NC(=O)CSc1nnc(-c2cccc(OC)c2)n1-c1ccc(OC)cc1. The predicted octanol–water partition coefficient (Wildman–Crippen LogP) is 5.24. The van der Waals surface area contributed by atoms with Crippen molar-refractivity contribution < 1.29 is 14.3 Å². The lowest BCUT2D eigenvalue weighted by molar-refractivity contribution is -0.113. The Bertz CT molecular complexity index is 1270. The fourth-order valence-corrected chi connectivity index (χ4v) is 4.30. The van der Waals surface area contributed by atoms with Crippen molar-refractivity contribution in [3.05, 3.63) is 78.4 Å². The molecule has 0 aliphatic rings. The van der Waals surface area contributed by atoms with Crippen LogP contribution in [0.1, 0.15) is 12.5 Å². The third kappa shape index (κ3) is 5.23. The number of benzene rings is 3. The Labute approximate surface area is 203 Å². The second kappa shape index (κ2) is 10.9. The maximum Gasteiger partial charge on any atom is 0.234 e. The van der Waals surface area contributed by atoms with Crippen molar-refractivity contribution in [3.8, 4) is 28.6 Å². The van der Waals surface area contributed by atoms with Crippen LogP contribution in [0.4, 0.5) is 5.69 Å². The van der Waals surface area contributed by atoms with Gasteiger partial charge >= 0.3 is 0 Å². The van der Waals surface area contributed by atoms with Gasteiger partial charge in [-0.3, -0.25) is 9.36 Å². The van der Waals surface area contributed by atoms with E-state index in [2.05, 4.69) is 22.4 Å². The number of carbonyl (C=O) groups is 1.